The number of nitrogens with zero attached hydrogens (tertiary/aromatic N) is 2. The van der Waals surface area contributed by atoms with E-state index in [9.17, 15) is 10.0 Å². The highest BCUT2D eigenvalue weighted by Gasteiger charge is 2.17. The first kappa shape index (κ1) is 15.6. The van der Waals surface area contributed by atoms with E-state index in [2.05, 4.69) is 9.97 Å². The fourth-order valence-corrected chi connectivity index (χ4v) is 2.95. The summed E-state index contributed by atoms with van der Waals surface area (Å²) in [6.07, 6.45) is 2.65. The van der Waals surface area contributed by atoms with Gasteiger partial charge in [0.2, 0.25) is 0 Å². The van der Waals surface area contributed by atoms with Crippen molar-refractivity contribution >= 4 is 22.5 Å². The molecule has 1 aromatic carbocycles. The molecule has 6 heteroatoms. The summed E-state index contributed by atoms with van der Waals surface area (Å²) in [6.45, 7) is 3.97. The van der Waals surface area contributed by atoms with Crippen molar-refractivity contribution in [3.8, 4) is 0 Å². The monoisotopic (exact) mass is 331 g/mol. The molecule has 0 amide bonds. The molecular formula is C17H18ClN3O2. The van der Waals surface area contributed by atoms with Crippen molar-refractivity contribution in [1.29, 1.82) is 0 Å². The molecule has 0 radical (unpaired) electrons. The van der Waals surface area contributed by atoms with Gasteiger partial charge >= 0.3 is 5.56 Å². The highest BCUT2D eigenvalue weighted by molar-refractivity contribution is 6.30. The van der Waals surface area contributed by atoms with Crippen molar-refractivity contribution in [2.24, 2.45) is 5.92 Å². The number of nitrogens with one attached hydrogen (secondary N) is 1. The van der Waals surface area contributed by atoms with Crippen LogP contribution in [0.2, 0.25) is 5.15 Å². The molecule has 3 rings (SSSR count). The molecule has 0 aliphatic carbocycles. The van der Waals surface area contributed by atoms with Gasteiger partial charge in [-0.05, 0) is 24.0 Å². The number of benzene rings is 1. The molecule has 120 valence electrons. The predicted octanol–water partition coefficient (Wildman–Crippen LogP) is 3.40. The van der Waals surface area contributed by atoms with Crippen LogP contribution in [0.5, 0.6) is 0 Å². The minimum absolute atomic E-state index is 0.177. The van der Waals surface area contributed by atoms with Crippen molar-refractivity contribution in [3.63, 3.8) is 0 Å². The Balaban J connectivity index is 2.02. The quantitative estimate of drug-likeness (QED) is 0.720. The molecule has 2 heterocycles. The number of H-pyrrole nitrogens is 1. The van der Waals surface area contributed by atoms with Gasteiger partial charge in [-0.2, -0.15) is 0 Å². The van der Waals surface area contributed by atoms with E-state index in [1.54, 1.807) is 0 Å². The lowest BCUT2D eigenvalue weighted by Gasteiger charge is -2.12. The molecule has 2 N–H and O–H groups in total. The van der Waals surface area contributed by atoms with E-state index in [0.717, 1.165) is 16.5 Å². The Hall–Kier alpha value is -2.27. The Morgan fingerprint density at radius 3 is 2.83 bits per heavy atom. The number of para-hydroxylation sites is 1. The zero-order valence-electron chi connectivity index (χ0n) is 13.0. The molecular weight excluding hydrogens is 314 g/mol. The van der Waals surface area contributed by atoms with Gasteiger partial charge in [-0.1, -0.05) is 43.6 Å². The molecule has 0 aliphatic rings. The Morgan fingerprint density at radius 2 is 2.09 bits per heavy atom. The maximum Gasteiger partial charge on any atom is 0.305 e. The molecule has 3 aromatic rings. The standard InChI is InChI=1S/C17H18ClN3O2/c1-10(2)7-15-16(18)20-14(17(22)21(15)23)8-11-9-19-13-6-4-3-5-12(11)13/h3-6,9-10,19,23H,7-8H2,1-2H3. The molecule has 23 heavy (non-hydrogen) atoms. The van der Waals surface area contributed by atoms with E-state index in [0.29, 0.717) is 23.3 Å². The van der Waals surface area contributed by atoms with Gasteiger partial charge in [0.25, 0.3) is 0 Å². The Kier molecular flexibility index (Phi) is 4.13. The first-order valence-corrected chi connectivity index (χ1v) is 7.89. The van der Waals surface area contributed by atoms with E-state index in [1.807, 2.05) is 44.3 Å². The zero-order chi connectivity index (χ0) is 16.6. The van der Waals surface area contributed by atoms with Crippen LogP contribution in [0.4, 0.5) is 0 Å². The average molecular weight is 332 g/mol. The summed E-state index contributed by atoms with van der Waals surface area (Å²) in [6, 6.07) is 7.83. The van der Waals surface area contributed by atoms with Gasteiger partial charge in [-0.15, -0.1) is 4.73 Å². The van der Waals surface area contributed by atoms with Crippen molar-refractivity contribution in [2.45, 2.75) is 26.7 Å². The fourth-order valence-electron chi connectivity index (χ4n) is 2.69. The lowest BCUT2D eigenvalue weighted by Crippen LogP contribution is -2.28. The number of halogens is 1. The fraction of sp³-hybridized carbons (Fsp3) is 0.294. The second kappa shape index (κ2) is 6.08. The summed E-state index contributed by atoms with van der Waals surface area (Å²) in [4.78, 5) is 19.8. The average Bonchev–Trinajstić information content (AvgIpc) is 2.92. The molecule has 0 atom stereocenters. The third-order valence-corrected chi connectivity index (χ3v) is 4.10. The van der Waals surface area contributed by atoms with Crippen LogP contribution in [0.25, 0.3) is 10.9 Å². The Labute approximate surface area is 138 Å². The third kappa shape index (κ3) is 2.97. The molecule has 2 aromatic heterocycles. The Bertz CT molecular complexity index is 912. The summed E-state index contributed by atoms with van der Waals surface area (Å²) >= 11 is 6.17. The van der Waals surface area contributed by atoms with Crippen LogP contribution in [0.3, 0.4) is 0 Å². The first-order chi connectivity index (χ1) is 11.0. The number of hydrogen-bond donors (Lipinski definition) is 2. The number of aromatic nitrogens is 3. The Morgan fingerprint density at radius 1 is 1.35 bits per heavy atom. The minimum atomic E-state index is -0.518. The molecule has 0 fully saturated rings. The van der Waals surface area contributed by atoms with Crippen LogP contribution in [0.1, 0.15) is 30.8 Å². The number of aromatic amines is 1. The summed E-state index contributed by atoms with van der Waals surface area (Å²) in [5, 5.41) is 11.3. The molecule has 0 saturated carbocycles. The summed E-state index contributed by atoms with van der Waals surface area (Å²) in [5.74, 6) is 0.256. The van der Waals surface area contributed by atoms with E-state index in [-0.39, 0.29) is 16.8 Å². The van der Waals surface area contributed by atoms with Gasteiger partial charge in [0.15, 0.2) is 5.15 Å². The SMILES string of the molecule is CC(C)Cc1c(Cl)nc(Cc2c[nH]c3ccccc23)c(=O)n1O. The van der Waals surface area contributed by atoms with Crippen LogP contribution >= 0.6 is 11.6 Å². The second-order valence-corrected chi connectivity index (χ2v) is 6.41. The largest absolute Gasteiger partial charge is 0.425 e. The highest BCUT2D eigenvalue weighted by atomic mass is 35.5. The maximum absolute atomic E-state index is 12.4. The third-order valence-electron chi connectivity index (χ3n) is 3.80. The summed E-state index contributed by atoms with van der Waals surface area (Å²) in [7, 11) is 0. The molecule has 0 saturated heterocycles. The predicted molar refractivity (Wildman–Crippen MR) is 90.3 cm³/mol. The van der Waals surface area contributed by atoms with Gasteiger partial charge in [0, 0.05) is 23.5 Å². The van der Waals surface area contributed by atoms with Crippen LogP contribution in [0, 0.1) is 5.92 Å². The molecule has 0 spiro atoms. The maximum atomic E-state index is 12.4. The number of hydrogen-bond acceptors (Lipinski definition) is 3. The van der Waals surface area contributed by atoms with E-state index < -0.39 is 5.56 Å². The molecule has 0 unspecified atom stereocenters. The topological polar surface area (TPSA) is 70.9 Å². The highest BCUT2D eigenvalue weighted by Crippen LogP contribution is 2.21. The second-order valence-electron chi connectivity index (χ2n) is 6.05. The summed E-state index contributed by atoms with van der Waals surface area (Å²) < 4.78 is 0.638. The normalized spacial score (nSPS) is 11.5. The van der Waals surface area contributed by atoms with Crippen LogP contribution in [-0.2, 0) is 12.8 Å². The van der Waals surface area contributed by atoms with E-state index >= 15 is 0 Å². The van der Waals surface area contributed by atoms with Crippen LogP contribution < -0.4 is 5.56 Å². The molecule has 0 bridgehead atoms. The number of fused-ring (bicyclic) bond motifs is 1. The van der Waals surface area contributed by atoms with E-state index in [1.165, 1.54) is 0 Å². The number of rotatable bonds is 4. The van der Waals surface area contributed by atoms with Gasteiger partial charge in [-0.3, -0.25) is 4.79 Å². The molecule has 0 aliphatic heterocycles. The minimum Gasteiger partial charge on any atom is -0.425 e. The zero-order valence-corrected chi connectivity index (χ0v) is 13.8. The van der Waals surface area contributed by atoms with Gasteiger partial charge in [0.1, 0.15) is 5.69 Å². The van der Waals surface area contributed by atoms with Crippen LogP contribution in [0.15, 0.2) is 35.3 Å². The van der Waals surface area contributed by atoms with Crippen molar-refractivity contribution in [3.05, 3.63) is 62.9 Å². The van der Waals surface area contributed by atoms with Crippen molar-refractivity contribution in [2.75, 3.05) is 0 Å². The van der Waals surface area contributed by atoms with Crippen LogP contribution in [-0.4, -0.2) is 19.9 Å². The molecule has 5 nitrogen and oxygen atoms in total. The lowest BCUT2D eigenvalue weighted by atomic mass is 10.1. The smallest absolute Gasteiger partial charge is 0.305 e. The first-order valence-electron chi connectivity index (χ1n) is 7.52. The van der Waals surface area contributed by atoms with E-state index in [4.69, 9.17) is 11.6 Å². The van der Waals surface area contributed by atoms with Gasteiger partial charge < -0.3 is 10.2 Å². The van der Waals surface area contributed by atoms with Gasteiger partial charge in [0.05, 0.1) is 5.69 Å². The lowest BCUT2D eigenvalue weighted by molar-refractivity contribution is 0.160. The summed E-state index contributed by atoms with van der Waals surface area (Å²) in [5.41, 5.74) is 2.01. The van der Waals surface area contributed by atoms with Crippen molar-refractivity contribution < 1.29 is 5.21 Å². The van der Waals surface area contributed by atoms with Crippen molar-refractivity contribution in [1.82, 2.24) is 14.7 Å². The van der Waals surface area contributed by atoms with Gasteiger partial charge in [-0.25, -0.2) is 4.98 Å².